The minimum Gasteiger partial charge on any atom is -0.378 e. The number of hydrogen-bond donors (Lipinski definition) is 1. The lowest BCUT2D eigenvalue weighted by atomic mass is 9.87. The van der Waals surface area contributed by atoms with Crippen molar-refractivity contribution < 1.29 is 0 Å². The Labute approximate surface area is 112 Å². The van der Waals surface area contributed by atoms with Crippen LogP contribution in [0, 0.1) is 0 Å². The predicted octanol–water partition coefficient (Wildman–Crippen LogP) is 4.22. The van der Waals surface area contributed by atoms with Crippen molar-refractivity contribution in [3.05, 3.63) is 58.9 Å². The fourth-order valence-corrected chi connectivity index (χ4v) is 2.77. The average Bonchev–Trinajstić information content (AvgIpc) is 2.39. The van der Waals surface area contributed by atoms with Crippen molar-refractivity contribution in [2.45, 2.75) is 25.3 Å². The van der Waals surface area contributed by atoms with Crippen molar-refractivity contribution in [3.63, 3.8) is 0 Å². The molecule has 0 aliphatic heterocycles. The highest BCUT2D eigenvalue weighted by atomic mass is 35.5. The zero-order valence-corrected chi connectivity index (χ0v) is 10.8. The quantitative estimate of drug-likeness (QED) is 0.816. The summed E-state index contributed by atoms with van der Waals surface area (Å²) in [5, 5.41) is 4.08. The molecule has 0 spiro atoms. The first kappa shape index (κ1) is 11.5. The Hall–Kier alpha value is -1.54. The van der Waals surface area contributed by atoms with E-state index in [4.69, 9.17) is 11.6 Å². The minimum atomic E-state index is 0.383. The molecule has 1 unspecified atom stereocenters. The van der Waals surface area contributed by atoms with Crippen LogP contribution in [0.15, 0.2) is 42.6 Å². The van der Waals surface area contributed by atoms with Gasteiger partial charge in [-0.15, -0.1) is 0 Å². The SMILES string of the molecule is Clc1cc(NC2CCCc3ccccc32)ccn1. The zero-order chi connectivity index (χ0) is 12.4. The molecule has 1 aliphatic carbocycles. The van der Waals surface area contributed by atoms with Crippen molar-refractivity contribution in [2.75, 3.05) is 5.32 Å². The Bertz CT molecular complexity index is 554. The number of aryl methyl sites for hydroxylation is 1. The molecule has 2 aromatic rings. The number of hydrogen-bond acceptors (Lipinski definition) is 2. The lowest BCUT2D eigenvalue weighted by Gasteiger charge is -2.27. The Balaban J connectivity index is 1.86. The molecule has 1 aromatic carbocycles. The largest absolute Gasteiger partial charge is 0.378 e. The summed E-state index contributed by atoms with van der Waals surface area (Å²) in [6.07, 6.45) is 5.31. The van der Waals surface area contributed by atoms with Crippen LogP contribution in [0.5, 0.6) is 0 Å². The van der Waals surface area contributed by atoms with Crippen LogP contribution in [0.2, 0.25) is 5.15 Å². The molecule has 1 atom stereocenters. The number of anilines is 1. The van der Waals surface area contributed by atoms with E-state index in [1.54, 1.807) is 6.20 Å². The van der Waals surface area contributed by atoms with Gasteiger partial charge in [0.15, 0.2) is 0 Å². The Kier molecular flexibility index (Phi) is 3.20. The molecular formula is C15H15ClN2. The van der Waals surface area contributed by atoms with Crippen LogP contribution in [0.25, 0.3) is 0 Å². The van der Waals surface area contributed by atoms with Crippen LogP contribution in [-0.4, -0.2) is 4.98 Å². The fourth-order valence-electron chi connectivity index (χ4n) is 2.60. The minimum absolute atomic E-state index is 0.383. The maximum absolute atomic E-state index is 5.91. The molecule has 92 valence electrons. The number of pyridine rings is 1. The zero-order valence-electron chi connectivity index (χ0n) is 10.1. The summed E-state index contributed by atoms with van der Waals surface area (Å²) in [7, 11) is 0. The summed E-state index contributed by atoms with van der Waals surface area (Å²) in [4.78, 5) is 4.00. The highest BCUT2D eigenvalue weighted by Crippen LogP contribution is 2.32. The molecule has 0 bridgehead atoms. The van der Waals surface area contributed by atoms with E-state index in [-0.39, 0.29) is 0 Å². The van der Waals surface area contributed by atoms with Crippen LogP contribution in [0.4, 0.5) is 5.69 Å². The highest BCUT2D eigenvalue weighted by Gasteiger charge is 2.19. The summed E-state index contributed by atoms with van der Waals surface area (Å²) in [5.74, 6) is 0. The predicted molar refractivity (Wildman–Crippen MR) is 75.0 cm³/mol. The standard InChI is InChI=1S/C15H15ClN2/c16-15-10-12(8-9-17-15)18-14-7-3-5-11-4-1-2-6-13(11)14/h1-2,4,6,8-10,14H,3,5,7H2,(H,17,18). The van der Waals surface area contributed by atoms with Gasteiger partial charge in [-0.25, -0.2) is 4.98 Å². The molecule has 0 fully saturated rings. The van der Waals surface area contributed by atoms with Gasteiger partial charge in [0, 0.05) is 11.9 Å². The van der Waals surface area contributed by atoms with Crippen molar-refractivity contribution in [1.29, 1.82) is 0 Å². The summed E-state index contributed by atoms with van der Waals surface area (Å²) in [6, 6.07) is 12.9. The van der Waals surface area contributed by atoms with Gasteiger partial charge < -0.3 is 5.32 Å². The molecule has 1 N–H and O–H groups in total. The van der Waals surface area contributed by atoms with Gasteiger partial charge in [0.1, 0.15) is 5.15 Å². The van der Waals surface area contributed by atoms with E-state index in [0.717, 1.165) is 12.1 Å². The second-order valence-corrected chi connectivity index (χ2v) is 5.04. The second kappa shape index (κ2) is 4.99. The van der Waals surface area contributed by atoms with Gasteiger partial charge in [-0.2, -0.15) is 0 Å². The van der Waals surface area contributed by atoms with Crippen LogP contribution in [0.3, 0.4) is 0 Å². The maximum atomic E-state index is 5.91. The average molecular weight is 259 g/mol. The lowest BCUT2D eigenvalue weighted by molar-refractivity contribution is 0.600. The van der Waals surface area contributed by atoms with Crippen LogP contribution >= 0.6 is 11.6 Å². The molecule has 1 aliphatic rings. The molecule has 1 aromatic heterocycles. The summed E-state index contributed by atoms with van der Waals surface area (Å²) in [5.41, 5.74) is 3.91. The number of halogens is 1. The van der Waals surface area contributed by atoms with Gasteiger partial charge in [0.2, 0.25) is 0 Å². The molecule has 1 heterocycles. The fraction of sp³-hybridized carbons (Fsp3) is 0.267. The number of rotatable bonds is 2. The molecule has 18 heavy (non-hydrogen) atoms. The van der Waals surface area contributed by atoms with E-state index in [1.807, 2.05) is 12.1 Å². The smallest absolute Gasteiger partial charge is 0.131 e. The molecular weight excluding hydrogens is 244 g/mol. The van der Waals surface area contributed by atoms with Gasteiger partial charge >= 0.3 is 0 Å². The van der Waals surface area contributed by atoms with E-state index >= 15 is 0 Å². The first-order valence-electron chi connectivity index (χ1n) is 6.29. The molecule has 0 amide bonds. The first-order chi connectivity index (χ1) is 8.83. The van der Waals surface area contributed by atoms with E-state index in [0.29, 0.717) is 11.2 Å². The molecule has 0 radical (unpaired) electrons. The maximum Gasteiger partial charge on any atom is 0.131 e. The summed E-state index contributed by atoms with van der Waals surface area (Å²) < 4.78 is 0. The summed E-state index contributed by atoms with van der Waals surface area (Å²) >= 11 is 5.91. The molecule has 0 saturated heterocycles. The summed E-state index contributed by atoms with van der Waals surface area (Å²) in [6.45, 7) is 0. The Morgan fingerprint density at radius 3 is 3.00 bits per heavy atom. The number of nitrogens with one attached hydrogen (secondary N) is 1. The van der Waals surface area contributed by atoms with Gasteiger partial charge in [0.25, 0.3) is 0 Å². The van der Waals surface area contributed by atoms with Gasteiger partial charge in [-0.3, -0.25) is 0 Å². The van der Waals surface area contributed by atoms with Gasteiger partial charge in [0.05, 0.1) is 6.04 Å². The van der Waals surface area contributed by atoms with Crippen molar-refractivity contribution in [3.8, 4) is 0 Å². The highest BCUT2D eigenvalue weighted by molar-refractivity contribution is 6.29. The number of nitrogens with zero attached hydrogens (tertiary/aromatic N) is 1. The molecule has 0 saturated carbocycles. The monoisotopic (exact) mass is 258 g/mol. The van der Waals surface area contributed by atoms with Crippen molar-refractivity contribution in [1.82, 2.24) is 4.98 Å². The molecule has 2 nitrogen and oxygen atoms in total. The van der Waals surface area contributed by atoms with Crippen molar-refractivity contribution >= 4 is 17.3 Å². The van der Waals surface area contributed by atoms with E-state index < -0.39 is 0 Å². The first-order valence-corrected chi connectivity index (χ1v) is 6.66. The topological polar surface area (TPSA) is 24.9 Å². The number of aromatic nitrogens is 1. The number of fused-ring (bicyclic) bond motifs is 1. The van der Waals surface area contributed by atoms with Crippen LogP contribution < -0.4 is 5.32 Å². The normalized spacial score (nSPS) is 18.2. The van der Waals surface area contributed by atoms with Crippen LogP contribution in [-0.2, 0) is 6.42 Å². The lowest BCUT2D eigenvalue weighted by Crippen LogP contribution is -2.17. The number of benzene rings is 1. The molecule has 3 heteroatoms. The molecule has 3 rings (SSSR count). The third-order valence-electron chi connectivity index (χ3n) is 3.44. The van der Waals surface area contributed by atoms with Gasteiger partial charge in [-0.05, 0) is 42.5 Å². The third kappa shape index (κ3) is 2.34. The second-order valence-electron chi connectivity index (χ2n) is 4.66. The third-order valence-corrected chi connectivity index (χ3v) is 3.64. The van der Waals surface area contributed by atoms with E-state index in [9.17, 15) is 0 Å². The Morgan fingerprint density at radius 1 is 1.22 bits per heavy atom. The van der Waals surface area contributed by atoms with Crippen LogP contribution in [0.1, 0.15) is 30.0 Å². The van der Waals surface area contributed by atoms with Gasteiger partial charge in [-0.1, -0.05) is 35.9 Å². The van der Waals surface area contributed by atoms with E-state index in [2.05, 4.69) is 34.6 Å². The Morgan fingerprint density at radius 2 is 2.11 bits per heavy atom. The van der Waals surface area contributed by atoms with E-state index in [1.165, 1.54) is 24.0 Å². The van der Waals surface area contributed by atoms with Crippen molar-refractivity contribution in [2.24, 2.45) is 0 Å².